The normalized spacial score (nSPS) is 15.3. The number of carbonyl (C=O) groups excluding carboxylic acids is 1. The van der Waals surface area contributed by atoms with E-state index in [0.29, 0.717) is 5.69 Å². The molecular formula is C21H23N3O2. The average Bonchev–Trinajstić information content (AvgIpc) is 3.13. The van der Waals surface area contributed by atoms with Crippen molar-refractivity contribution in [2.45, 2.75) is 6.54 Å². The minimum atomic E-state index is 0.0580. The van der Waals surface area contributed by atoms with E-state index in [1.54, 1.807) is 7.11 Å². The van der Waals surface area contributed by atoms with Crippen molar-refractivity contribution in [3.8, 4) is 5.75 Å². The summed E-state index contributed by atoms with van der Waals surface area (Å²) in [6.45, 7) is 4.22. The molecule has 1 saturated heterocycles. The van der Waals surface area contributed by atoms with Gasteiger partial charge in [0.25, 0.3) is 5.91 Å². The van der Waals surface area contributed by atoms with E-state index < -0.39 is 0 Å². The fourth-order valence-corrected chi connectivity index (χ4v) is 3.53. The lowest BCUT2D eigenvalue weighted by molar-refractivity contribution is 0.0623. The number of nitrogens with one attached hydrogen (secondary N) is 1. The van der Waals surface area contributed by atoms with Crippen LogP contribution in [-0.2, 0) is 6.54 Å². The molecule has 0 radical (unpaired) electrons. The molecule has 0 unspecified atom stereocenters. The molecule has 1 aromatic heterocycles. The summed E-state index contributed by atoms with van der Waals surface area (Å²) < 4.78 is 5.37. The number of methoxy groups -OCH3 is 1. The third kappa shape index (κ3) is 3.30. The third-order valence-corrected chi connectivity index (χ3v) is 4.98. The van der Waals surface area contributed by atoms with Crippen molar-refractivity contribution in [1.82, 2.24) is 14.8 Å². The van der Waals surface area contributed by atoms with Gasteiger partial charge < -0.3 is 14.6 Å². The highest BCUT2D eigenvalue weighted by Gasteiger charge is 2.23. The number of aromatic amines is 1. The van der Waals surface area contributed by atoms with Gasteiger partial charge in [-0.15, -0.1) is 0 Å². The van der Waals surface area contributed by atoms with Gasteiger partial charge in [-0.05, 0) is 17.7 Å². The van der Waals surface area contributed by atoms with Crippen LogP contribution in [0.15, 0.2) is 54.6 Å². The summed E-state index contributed by atoms with van der Waals surface area (Å²) in [6, 6.07) is 18.2. The lowest BCUT2D eigenvalue weighted by atomic mass is 10.2. The van der Waals surface area contributed by atoms with Gasteiger partial charge in [0.2, 0.25) is 0 Å². The smallest absolute Gasteiger partial charge is 0.270 e. The molecule has 5 nitrogen and oxygen atoms in total. The standard InChI is InChI=1S/C21H23N3O2/c1-26-19-9-5-8-17-14-18(22-20(17)19)21(25)24-12-10-23(11-13-24)15-16-6-3-2-4-7-16/h2-9,14,22H,10-13,15H2,1H3. The summed E-state index contributed by atoms with van der Waals surface area (Å²) in [5, 5.41) is 0.996. The van der Waals surface area contributed by atoms with Crippen molar-refractivity contribution in [3.05, 3.63) is 65.9 Å². The Morgan fingerprint density at radius 2 is 1.81 bits per heavy atom. The van der Waals surface area contributed by atoms with E-state index >= 15 is 0 Å². The molecule has 2 heterocycles. The molecule has 0 saturated carbocycles. The summed E-state index contributed by atoms with van der Waals surface area (Å²) in [4.78, 5) is 20.4. The molecule has 2 aromatic carbocycles. The number of fused-ring (bicyclic) bond motifs is 1. The molecule has 3 aromatic rings. The van der Waals surface area contributed by atoms with Crippen LogP contribution in [0.2, 0.25) is 0 Å². The number of hydrogen-bond donors (Lipinski definition) is 1. The molecule has 1 aliphatic heterocycles. The molecule has 1 N–H and O–H groups in total. The topological polar surface area (TPSA) is 48.6 Å². The average molecular weight is 349 g/mol. The summed E-state index contributed by atoms with van der Waals surface area (Å²) in [5.41, 5.74) is 2.82. The van der Waals surface area contributed by atoms with Gasteiger partial charge in [-0.1, -0.05) is 42.5 Å². The van der Waals surface area contributed by atoms with Gasteiger partial charge in [0, 0.05) is 38.1 Å². The third-order valence-electron chi connectivity index (χ3n) is 4.98. The summed E-state index contributed by atoms with van der Waals surface area (Å²) in [5.74, 6) is 0.817. The van der Waals surface area contributed by atoms with Crippen LogP contribution >= 0.6 is 0 Å². The first kappa shape index (κ1) is 16.7. The zero-order valence-corrected chi connectivity index (χ0v) is 14.9. The number of aromatic nitrogens is 1. The molecule has 0 atom stereocenters. The van der Waals surface area contributed by atoms with Crippen LogP contribution in [0.5, 0.6) is 5.75 Å². The predicted octanol–water partition coefficient (Wildman–Crippen LogP) is 3.13. The molecule has 0 bridgehead atoms. The molecule has 1 aliphatic rings. The van der Waals surface area contributed by atoms with Crippen LogP contribution in [0.4, 0.5) is 0 Å². The monoisotopic (exact) mass is 349 g/mol. The van der Waals surface area contributed by atoms with Crippen LogP contribution in [0.25, 0.3) is 10.9 Å². The van der Waals surface area contributed by atoms with Gasteiger partial charge in [0.05, 0.1) is 12.6 Å². The Labute approximate surface area is 153 Å². The lowest BCUT2D eigenvalue weighted by Gasteiger charge is -2.34. The minimum absolute atomic E-state index is 0.0580. The van der Waals surface area contributed by atoms with Crippen LogP contribution in [-0.4, -0.2) is 54.0 Å². The van der Waals surface area contributed by atoms with Crippen LogP contribution in [0.3, 0.4) is 0 Å². The maximum atomic E-state index is 12.9. The first-order chi connectivity index (χ1) is 12.7. The van der Waals surface area contributed by atoms with E-state index in [9.17, 15) is 4.79 Å². The van der Waals surface area contributed by atoms with E-state index in [4.69, 9.17) is 4.74 Å². The van der Waals surface area contributed by atoms with E-state index in [1.165, 1.54) is 5.56 Å². The van der Waals surface area contributed by atoms with E-state index in [2.05, 4.69) is 34.1 Å². The second-order valence-electron chi connectivity index (χ2n) is 6.66. The van der Waals surface area contributed by atoms with Crippen molar-refractivity contribution in [3.63, 3.8) is 0 Å². The van der Waals surface area contributed by atoms with Crippen LogP contribution < -0.4 is 4.74 Å². The van der Waals surface area contributed by atoms with Gasteiger partial charge in [-0.25, -0.2) is 0 Å². The molecule has 1 fully saturated rings. The lowest BCUT2D eigenvalue weighted by Crippen LogP contribution is -2.48. The maximum absolute atomic E-state index is 12.9. The zero-order chi connectivity index (χ0) is 17.9. The largest absolute Gasteiger partial charge is 0.495 e. The molecule has 134 valence electrons. The molecule has 5 heteroatoms. The summed E-state index contributed by atoms with van der Waals surface area (Å²) in [6.07, 6.45) is 0. The van der Waals surface area contributed by atoms with Crippen molar-refractivity contribution in [2.24, 2.45) is 0 Å². The number of piperazine rings is 1. The second-order valence-corrected chi connectivity index (χ2v) is 6.66. The van der Waals surface area contributed by atoms with E-state index in [-0.39, 0.29) is 5.91 Å². The number of ether oxygens (including phenoxy) is 1. The van der Waals surface area contributed by atoms with Crippen LogP contribution in [0.1, 0.15) is 16.1 Å². The number of rotatable bonds is 4. The zero-order valence-electron chi connectivity index (χ0n) is 14.9. The first-order valence-corrected chi connectivity index (χ1v) is 8.96. The Morgan fingerprint density at radius 3 is 2.54 bits per heavy atom. The SMILES string of the molecule is COc1cccc2cc(C(=O)N3CCN(Cc4ccccc4)CC3)[nH]c12. The highest BCUT2D eigenvalue weighted by molar-refractivity contribution is 5.99. The van der Waals surface area contributed by atoms with Crippen molar-refractivity contribution < 1.29 is 9.53 Å². The number of nitrogens with zero attached hydrogens (tertiary/aromatic N) is 2. The van der Waals surface area contributed by atoms with E-state index in [0.717, 1.165) is 49.4 Å². The van der Waals surface area contributed by atoms with Gasteiger partial charge in [0.15, 0.2) is 0 Å². The number of carbonyl (C=O) groups is 1. The van der Waals surface area contributed by atoms with Gasteiger partial charge in [0.1, 0.15) is 11.4 Å². The molecule has 0 spiro atoms. The van der Waals surface area contributed by atoms with Gasteiger partial charge >= 0.3 is 0 Å². The van der Waals surface area contributed by atoms with Crippen molar-refractivity contribution in [2.75, 3.05) is 33.3 Å². The van der Waals surface area contributed by atoms with Gasteiger partial charge in [-0.2, -0.15) is 0 Å². The molecule has 4 rings (SSSR count). The fraction of sp³-hybridized carbons (Fsp3) is 0.286. The van der Waals surface area contributed by atoms with Crippen molar-refractivity contribution >= 4 is 16.8 Å². The van der Waals surface area contributed by atoms with Crippen molar-refractivity contribution in [1.29, 1.82) is 0 Å². The Hall–Kier alpha value is -2.79. The summed E-state index contributed by atoms with van der Waals surface area (Å²) in [7, 11) is 1.64. The fourth-order valence-electron chi connectivity index (χ4n) is 3.53. The van der Waals surface area contributed by atoms with E-state index in [1.807, 2.05) is 35.2 Å². The Morgan fingerprint density at radius 1 is 1.04 bits per heavy atom. The first-order valence-electron chi connectivity index (χ1n) is 8.96. The maximum Gasteiger partial charge on any atom is 0.270 e. The molecule has 0 aliphatic carbocycles. The summed E-state index contributed by atoms with van der Waals surface area (Å²) >= 11 is 0. The molecule has 1 amide bonds. The highest BCUT2D eigenvalue weighted by Crippen LogP contribution is 2.26. The number of benzene rings is 2. The number of para-hydroxylation sites is 1. The minimum Gasteiger partial charge on any atom is -0.495 e. The number of amides is 1. The number of H-pyrrole nitrogens is 1. The molecular weight excluding hydrogens is 326 g/mol. The Kier molecular flexibility index (Phi) is 4.63. The van der Waals surface area contributed by atoms with Crippen LogP contribution in [0, 0.1) is 0 Å². The quantitative estimate of drug-likeness (QED) is 0.787. The second kappa shape index (κ2) is 7.22. The Bertz CT molecular complexity index is 896. The molecule has 26 heavy (non-hydrogen) atoms. The Balaban J connectivity index is 1.42. The number of hydrogen-bond acceptors (Lipinski definition) is 3. The highest BCUT2D eigenvalue weighted by atomic mass is 16.5. The predicted molar refractivity (Wildman–Crippen MR) is 102 cm³/mol. The van der Waals surface area contributed by atoms with Gasteiger partial charge in [-0.3, -0.25) is 9.69 Å².